The summed E-state index contributed by atoms with van der Waals surface area (Å²) in [6.07, 6.45) is 0.854. The van der Waals surface area contributed by atoms with Crippen LogP contribution in [-0.2, 0) is 12.3 Å². The Morgan fingerprint density at radius 3 is 2.61 bits per heavy atom. The summed E-state index contributed by atoms with van der Waals surface area (Å²) >= 11 is 11.7. The number of halogens is 2. The minimum Gasteiger partial charge on any atom is -0.438 e. The Morgan fingerprint density at radius 1 is 1.17 bits per heavy atom. The minimum atomic E-state index is 0.341. The normalized spacial score (nSPS) is 10.4. The molecule has 0 bridgehead atoms. The van der Waals surface area contributed by atoms with Gasteiger partial charge >= 0.3 is 0 Å². The Kier molecular flexibility index (Phi) is 4.39. The lowest BCUT2D eigenvalue weighted by atomic mass is 10.1. The van der Waals surface area contributed by atoms with Crippen LogP contribution in [0.2, 0.25) is 5.02 Å². The van der Waals surface area contributed by atoms with Crippen molar-refractivity contribution in [2.75, 3.05) is 0 Å². The summed E-state index contributed by atoms with van der Waals surface area (Å²) < 4.78 is 5.60. The number of nitrogens with zero attached hydrogens (tertiary/aromatic N) is 2. The molecule has 5 heteroatoms. The lowest BCUT2D eigenvalue weighted by molar-refractivity contribution is 0.454. The third-order valence-electron chi connectivity index (χ3n) is 2.45. The van der Waals surface area contributed by atoms with E-state index < -0.39 is 0 Å². The van der Waals surface area contributed by atoms with Gasteiger partial charge in [0.1, 0.15) is 5.75 Å². The molecule has 0 spiro atoms. The average molecular weight is 283 g/mol. The van der Waals surface area contributed by atoms with Crippen molar-refractivity contribution in [2.45, 2.75) is 19.2 Å². The molecule has 18 heavy (non-hydrogen) atoms. The largest absolute Gasteiger partial charge is 0.438 e. The third-order valence-corrected chi connectivity index (χ3v) is 3.10. The summed E-state index contributed by atoms with van der Waals surface area (Å²) in [6, 6.07) is 9.05. The second-order valence-corrected chi connectivity index (χ2v) is 4.38. The van der Waals surface area contributed by atoms with Crippen LogP contribution in [0.4, 0.5) is 0 Å². The van der Waals surface area contributed by atoms with Crippen molar-refractivity contribution in [1.29, 1.82) is 0 Å². The fraction of sp³-hybridized carbons (Fsp3) is 0.231. The van der Waals surface area contributed by atoms with Gasteiger partial charge in [-0.25, -0.2) is 0 Å². The Hall–Kier alpha value is -1.32. The molecule has 0 N–H and O–H groups in total. The van der Waals surface area contributed by atoms with Crippen molar-refractivity contribution < 1.29 is 4.74 Å². The molecule has 1 aromatic heterocycles. The molecule has 3 nitrogen and oxygen atoms in total. The quantitative estimate of drug-likeness (QED) is 0.788. The highest BCUT2D eigenvalue weighted by Crippen LogP contribution is 2.25. The summed E-state index contributed by atoms with van der Waals surface area (Å²) in [6.45, 7) is 2.04. The number of aromatic nitrogens is 2. The lowest BCUT2D eigenvalue weighted by Crippen LogP contribution is -1.94. The van der Waals surface area contributed by atoms with E-state index in [-0.39, 0.29) is 0 Å². The number of hydrogen-bond donors (Lipinski definition) is 0. The molecule has 2 aromatic rings. The molecule has 0 unspecified atom stereocenters. The molecule has 0 amide bonds. The van der Waals surface area contributed by atoms with E-state index in [4.69, 9.17) is 27.9 Å². The smallest absolute Gasteiger partial charge is 0.238 e. The lowest BCUT2D eigenvalue weighted by Gasteiger charge is -2.07. The van der Waals surface area contributed by atoms with Crippen molar-refractivity contribution in [1.82, 2.24) is 10.2 Å². The first-order valence-electron chi connectivity index (χ1n) is 5.57. The van der Waals surface area contributed by atoms with Gasteiger partial charge in [-0.2, -0.15) is 5.10 Å². The second kappa shape index (κ2) is 6.03. The van der Waals surface area contributed by atoms with Crippen molar-refractivity contribution >= 4 is 23.2 Å². The number of benzene rings is 1. The van der Waals surface area contributed by atoms with Crippen molar-refractivity contribution in [3.05, 3.63) is 46.6 Å². The molecule has 0 aliphatic heterocycles. The maximum atomic E-state index is 6.04. The standard InChI is InChI=1S/C13H12Cl2N2O/c1-2-9-7-11(4-5-12(9)15)18-13-6-3-10(8-14)16-17-13/h3-7H,2,8H2,1H3. The van der Waals surface area contributed by atoms with Crippen LogP contribution in [0.5, 0.6) is 11.6 Å². The third kappa shape index (κ3) is 3.12. The van der Waals surface area contributed by atoms with Gasteiger partial charge in [0.25, 0.3) is 0 Å². The molecule has 1 aromatic carbocycles. The molecule has 0 saturated heterocycles. The Balaban J connectivity index is 2.17. The Bertz CT molecular complexity index is 529. The molecular formula is C13H12Cl2N2O. The zero-order valence-electron chi connectivity index (χ0n) is 9.86. The van der Waals surface area contributed by atoms with Crippen LogP contribution >= 0.6 is 23.2 Å². The minimum absolute atomic E-state index is 0.341. The van der Waals surface area contributed by atoms with Crippen LogP contribution in [0.15, 0.2) is 30.3 Å². The maximum absolute atomic E-state index is 6.04. The molecule has 2 rings (SSSR count). The van der Waals surface area contributed by atoms with E-state index in [2.05, 4.69) is 10.2 Å². The first-order valence-corrected chi connectivity index (χ1v) is 6.49. The Morgan fingerprint density at radius 2 is 2.00 bits per heavy atom. The van der Waals surface area contributed by atoms with E-state index in [1.807, 2.05) is 19.1 Å². The van der Waals surface area contributed by atoms with E-state index in [1.165, 1.54) is 0 Å². The van der Waals surface area contributed by atoms with Crippen molar-refractivity contribution in [3.8, 4) is 11.6 Å². The number of ether oxygens (including phenoxy) is 1. The number of rotatable bonds is 4. The van der Waals surface area contributed by atoms with Gasteiger partial charge in [-0.3, -0.25) is 0 Å². The molecule has 0 fully saturated rings. The molecule has 0 atom stereocenters. The number of hydrogen-bond acceptors (Lipinski definition) is 3. The van der Waals surface area contributed by atoms with Gasteiger partial charge in [-0.15, -0.1) is 16.7 Å². The SMILES string of the molecule is CCc1cc(Oc2ccc(CCl)nn2)ccc1Cl. The van der Waals surface area contributed by atoms with Gasteiger partial charge in [-0.1, -0.05) is 18.5 Å². The monoisotopic (exact) mass is 282 g/mol. The van der Waals surface area contributed by atoms with E-state index >= 15 is 0 Å². The maximum Gasteiger partial charge on any atom is 0.238 e. The predicted molar refractivity (Wildman–Crippen MR) is 72.5 cm³/mol. The van der Waals surface area contributed by atoms with E-state index in [0.717, 1.165) is 22.7 Å². The first kappa shape index (κ1) is 13.1. The molecular weight excluding hydrogens is 271 g/mol. The van der Waals surface area contributed by atoms with Crippen LogP contribution in [0.3, 0.4) is 0 Å². The molecule has 0 aliphatic carbocycles. The van der Waals surface area contributed by atoms with Crippen LogP contribution in [0.25, 0.3) is 0 Å². The molecule has 94 valence electrons. The number of alkyl halides is 1. The van der Waals surface area contributed by atoms with Gasteiger partial charge in [0, 0.05) is 11.1 Å². The van der Waals surface area contributed by atoms with Gasteiger partial charge in [0.2, 0.25) is 5.88 Å². The van der Waals surface area contributed by atoms with Crippen LogP contribution in [0, 0.1) is 0 Å². The second-order valence-electron chi connectivity index (χ2n) is 3.71. The first-order chi connectivity index (χ1) is 8.72. The predicted octanol–water partition coefficient (Wildman–Crippen LogP) is 4.22. The molecule has 0 saturated carbocycles. The van der Waals surface area contributed by atoms with E-state index in [1.54, 1.807) is 18.2 Å². The van der Waals surface area contributed by atoms with Gasteiger partial charge in [0.15, 0.2) is 0 Å². The number of aryl methyl sites for hydroxylation is 1. The van der Waals surface area contributed by atoms with E-state index in [0.29, 0.717) is 17.5 Å². The average Bonchev–Trinajstić information content (AvgIpc) is 2.42. The fourth-order valence-corrected chi connectivity index (χ4v) is 1.87. The van der Waals surface area contributed by atoms with Crippen LogP contribution < -0.4 is 4.74 Å². The fourth-order valence-electron chi connectivity index (χ4n) is 1.48. The van der Waals surface area contributed by atoms with Gasteiger partial charge in [-0.05, 0) is 36.2 Å². The summed E-state index contributed by atoms with van der Waals surface area (Å²) in [4.78, 5) is 0. The van der Waals surface area contributed by atoms with Crippen molar-refractivity contribution in [3.63, 3.8) is 0 Å². The highest BCUT2D eigenvalue weighted by molar-refractivity contribution is 6.31. The summed E-state index contributed by atoms with van der Waals surface area (Å²) in [5, 5.41) is 8.60. The van der Waals surface area contributed by atoms with Crippen LogP contribution in [-0.4, -0.2) is 10.2 Å². The molecule has 0 radical (unpaired) electrons. The highest BCUT2D eigenvalue weighted by Gasteiger charge is 2.04. The zero-order valence-corrected chi connectivity index (χ0v) is 11.4. The van der Waals surface area contributed by atoms with Crippen molar-refractivity contribution in [2.24, 2.45) is 0 Å². The van der Waals surface area contributed by atoms with Crippen LogP contribution in [0.1, 0.15) is 18.2 Å². The summed E-state index contributed by atoms with van der Waals surface area (Å²) in [7, 11) is 0. The molecule has 0 aliphatic rings. The topological polar surface area (TPSA) is 35.0 Å². The van der Waals surface area contributed by atoms with Gasteiger partial charge in [0.05, 0.1) is 11.6 Å². The summed E-state index contributed by atoms with van der Waals surface area (Å²) in [5.74, 6) is 1.48. The highest BCUT2D eigenvalue weighted by atomic mass is 35.5. The summed E-state index contributed by atoms with van der Waals surface area (Å²) in [5.41, 5.74) is 1.76. The molecule has 1 heterocycles. The van der Waals surface area contributed by atoms with E-state index in [9.17, 15) is 0 Å². The van der Waals surface area contributed by atoms with Gasteiger partial charge < -0.3 is 4.74 Å². The Labute approximate surface area is 116 Å². The zero-order chi connectivity index (χ0) is 13.0.